The van der Waals surface area contributed by atoms with E-state index in [1.807, 2.05) is 6.92 Å². The van der Waals surface area contributed by atoms with E-state index in [4.69, 9.17) is 4.52 Å². The molecule has 1 saturated heterocycles. The van der Waals surface area contributed by atoms with Crippen LogP contribution in [-0.4, -0.2) is 41.4 Å². The molecule has 1 aliphatic rings. The van der Waals surface area contributed by atoms with E-state index in [9.17, 15) is 13.2 Å². The molecule has 1 aromatic carbocycles. The first-order chi connectivity index (χ1) is 13.1. The lowest BCUT2D eigenvalue weighted by molar-refractivity contribution is 0.0907. The lowest BCUT2D eigenvalue weighted by Crippen LogP contribution is -2.42. The van der Waals surface area contributed by atoms with E-state index in [0.29, 0.717) is 23.8 Å². The number of aromatic nitrogens is 2. The maximum atomic E-state index is 12.9. The fourth-order valence-corrected chi connectivity index (χ4v) is 5.01. The van der Waals surface area contributed by atoms with Gasteiger partial charge in [0.15, 0.2) is 5.82 Å². The third-order valence-electron chi connectivity index (χ3n) is 4.98. The van der Waals surface area contributed by atoms with Gasteiger partial charge in [-0.25, -0.2) is 8.42 Å². The van der Waals surface area contributed by atoms with E-state index in [1.165, 1.54) is 24.3 Å². The molecule has 0 radical (unpaired) electrons. The zero-order chi connectivity index (χ0) is 20.5. The van der Waals surface area contributed by atoms with Crippen LogP contribution in [0.25, 0.3) is 0 Å². The van der Waals surface area contributed by atoms with Crippen LogP contribution in [-0.2, 0) is 15.6 Å². The van der Waals surface area contributed by atoms with Gasteiger partial charge >= 0.3 is 0 Å². The molecular formula is C19H26N4O4S. The number of nitrogens with zero attached hydrogens (tertiary/aromatic N) is 3. The van der Waals surface area contributed by atoms with Gasteiger partial charge in [0.05, 0.1) is 10.4 Å². The number of carbonyl (C=O) groups excluding carboxylic acids is 1. The number of nitrogens with one attached hydrogen (secondary N) is 1. The molecule has 9 heteroatoms. The number of rotatable bonds is 5. The van der Waals surface area contributed by atoms with E-state index < -0.39 is 15.6 Å². The second-order valence-corrected chi connectivity index (χ2v) is 9.59. The molecule has 1 fully saturated rings. The summed E-state index contributed by atoms with van der Waals surface area (Å²) in [6, 6.07) is 6.00. The highest BCUT2D eigenvalue weighted by Gasteiger charge is 2.32. The Morgan fingerprint density at radius 1 is 1.25 bits per heavy atom. The SMILES string of the molecule is Cc1nc(C(C)(C)NC(=O)c2ccc(S(=O)(=O)N3CCCCC3C)cc2)no1. The van der Waals surface area contributed by atoms with E-state index in [1.54, 1.807) is 25.1 Å². The molecule has 1 amide bonds. The fourth-order valence-electron chi connectivity index (χ4n) is 3.31. The summed E-state index contributed by atoms with van der Waals surface area (Å²) in [5, 5.41) is 6.70. The van der Waals surface area contributed by atoms with Crippen LogP contribution in [0, 0.1) is 6.92 Å². The zero-order valence-corrected chi connectivity index (χ0v) is 17.4. The maximum absolute atomic E-state index is 12.9. The summed E-state index contributed by atoms with van der Waals surface area (Å²) < 4.78 is 32.3. The number of aryl methyl sites for hydroxylation is 1. The van der Waals surface area contributed by atoms with Gasteiger partial charge in [0.2, 0.25) is 15.9 Å². The zero-order valence-electron chi connectivity index (χ0n) is 16.6. The molecule has 1 aliphatic heterocycles. The van der Waals surface area contributed by atoms with Crippen molar-refractivity contribution in [1.82, 2.24) is 19.8 Å². The molecule has 3 rings (SSSR count). The molecule has 1 unspecified atom stereocenters. The number of hydrogen-bond acceptors (Lipinski definition) is 6. The summed E-state index contributed by atoms with van der Waals surface area (Å²) in [5.74, 6) is 0.443. The Kier molecular flexibility index (Phi) is 5.58. The van der Waals surface area contributed by atoms with Gasteiger partial charge in [-0.15, -0.1) is 0 Å². The highest BCUT2D eigenvalue weighted by molar-refractivity contribution is 7.89. The second-order valence-electron chi connectivity index (χ2n) is 7.70. The first kappa shape index (κ1) is 20.5. The molecule has 2 heterocycles. The van der Waals surface area contributed by atoms with Crippen molar-refractivity contribution in [3.8, 4) is 0 Å². The fraction of sp³-hybridized carbons (Fsp3) is 0.526. The van der Waals surface area contributed by atoms with Crippen LogP contribution < -0.4 is 5.32 Å². The molecule has 2 aromatic rings. The molecule has 0 spiro atoms. The normalized spacial score (nSPS) is 18.8. The standard InChI is InChI=1S/C19H26N4O4S/c1-13-7-5-6-12-23(13)28(25,26)16-10-8-15(9-11-16)17(24)21-19(3,4)18-20-14(2)27-22-18/h8-11,13H,5-7,12H2,1-4H3,(H,21,24). The Bertz CT molecular complexity index is 951. The minimum absolute atomic E-state index is 0.0130. The van der Waals surface area contributed by atoms with Crippen molar-refractivity contribution in [3.63, 3.8) is 0 Å². The first-order valence-electron chi connectivity index (χ1n) is 9.36. The van der Waals surface area contributed by atoms with Gasteiger partial charge < -0.3 is 9.84 Å². The van der Waals surface area contributed by atoms with Crippen LogP contribution in [0.1, 0.15) is 62.1 Å². The van der Waals surface area contributed by atoms with Crippen LogP contribution in [0.3, 0.4) is 0 Å². The highest BCUT2D eigenvalue weighted by Crippen LogP contribution is 2.25. The maximum Gasteiger partial charge on any atom is 0.252 e. The van der Waals surface area contributed by atoms with Crippen molar-refractivity contribution >= 4 is 15.9 Å². The summed E-state index contributed by atoms with van der Waals surface area (Å²) in [6.07, 6.45) is 2.78. The Labute approximate surface area is 165 Å². The predicted octanol–water partition coefficient (Wildman–Crippen LogP) is 2.61. The minimum Gasteiger partial charge on any atom is -0.340 e. The Balaban J connectivity index is 1.75. The van der Waals surface area contributed by atoms with Gasteiger partial charge in [-0.3, -0.25) is 4.79 Å². The Morgan fingerprint density at radius 2 is 1.93 bits per heavy atom. The molecule has 1 atom stereocenters. The average molecular weight is 407 g/mol. The number of amides is 1. The quantitative estimate of drug-likeness (QED) is 0.818. The summed E-state index contributed by atoms with van der Waals surface area (Å²) in [4.78, 5) is 17.0. The van der Waals surface area contributed by atoms with Crippen LogP contribution in [0.5, 0.6) is 0 Å². The molecular weight excluding hydrogens is 380 g/mol. The van der Waals surface area contributed by atoms with Gasteiger partial charge in [-0.2, -0.15) is 9.29 Å². The summed E-state index contributed by atoms with van der Waals surface area (Å²) in [5.41, 5.74) is -0.470. The molecule has 152 valence electrons. The van der Waals surface area contributed by atoms with Crippen molar-refractivity contribution in [3.05, 3.63) is 41.5 Å². The molecule has 0 bridgehead atoms. The third kappa shape index (κ3) is 4.10. The van der Waals surface area contributed by atoms with Crippen LogP contribution >= 0.6 is 0 Å². The number of hydrogen-bond donors (Lipinski definition) is 1. The molecule has 1 N–H and O–H groups in total. The van der Waals surface area contributed by atoms with E-state index >= 15 is 0 Å². The van der Waals surface area contributed by atoms with Gasteiger partial charge in [0.25, 0.3) is 5.91 Å². The lowest BCUT2D eigenvalue weighted by atomic mass is 10.0. The van der Waals surface area contributed by atoms with Crippen molar-refractivity contribution < 1.29 is 17.7 Å². The van der Waals surface area contributed by atoms with Gasteiger partial charge in [-0.05, 0) is 57.9 Å². The Hall–Kier alpha value is -2.26. The van der Waals surface area contributed by atoms with E-state index in [-0.39, 0.29) is 16.8 Å². The van der Waals surface area contributed by atoms with Gasteiger partial charge in [0.1, 0.15) is 0 Å². The number of carbonyl (C=O) groups is 1. The van der Waals surface area contributed by atoms with Crippen LogP contribution in [0.15, 0.2) is 33.7 Å². The van der Waals surface area contributed by atoms with Crippen molar-refractivity contribution in [2.75, 3.05) is 6.54 Å². The van der Waals surface area contributed by atoms with Gasteiger partial charge in [0, 0.05) is 25.1 Å². The van der Waals surface area contributed by atoms with E-state index in [2.05, 4.69) is 15.5 Å². The van der Waals surface area contributed by atoms with Crippen LogP contribution in [0.4, 0.5) is 0 Å². The minimum atomic E-state index is -3.56. The Morgan fingerprint density at radius 3 is 2.50 bits per heavy atom. The summed E-state index contributed by atoms with van der Waals surface area (Å²) in [6.45, 7) is 7.68. The monoisotopic (exact) mass is 406 g/mol. The largest absolute Gasteiger partial charge is 0.340 e. The molecule has 0 saturated carbocycles. The van der Waals surface area contributed by atoms with Gasteiger partial charge in [-0.1, -0.05) is 11.6 Å². The summed E-state index contributed by atoms with van der Waals surface area (Å²) in [7, 11) is -3.56. The molecule has 0 aliphatic carbocycles. The molecule has 8 nitrogen and oxygen atoms in total. The number of piperidine rings is 1. The topological polar surface area (TPSA) is 105 Å². The van der Waals surface area contributed by atoms with Crippen molar-refractivity contribution in [1.29, 1.82) is 0 Å². The first-order valence-corrected chi connectivity index (χ1v) is 10.8. The molecule has 28 heavy (non-hydrogen) atoms. The second kappa shape index (κ2) is 7.63. The average Bonchev–Trinajstić information content (AvgIpc) is 3.09. The number of sulfonamides is 1. The van der Waals surface area contributed by atoms with Crippen molar-refractivity contribution in [2.24, 2.45) is 0 Å². The smallest absolute Gasteiger partial charge is 0.252 e. The van der Waals surface area contributed by atoms with Crippen LogP contribution in [0.2, 0.25) is 0 Å². The number of benzene rings is 1. The molecule has 1 aromatic heterocycles. The summed E-state index contributed by atoms with van der Waals surface area (Å²) >= 11 is 0. The van der Waals surface area contributed by atoms with Crippen molar-refractivity contribution in [2.45, 2.75) is 63.4 Å². The van der Waals surface area contributed by atoms with E-state index in [0.717, 1.165) is 19.3 Å². The highest BCUT2D eigenvalue weighted by atomic mass is 32.2. The lowest BCUT2D eigenvalue weighted by Gasteiger charge is -2.32. The predicted molar refractivity (Wildman–Crippen MR) is 103 cm³/mol. The third-order valence-corrected chi connectivity index (χ3v) is 7.01.